The van der Waals surface area contributed by atoms with E-state index in [2.05, 4.69) is 44.5 Å². The van der Waals surface area contributed by atoms with Gasteiger partial charge in [-0.15, -0.1) is 21.5 Å². The summed E-state index contributed by atoms with van der Waals surface area (Å²) in [5, 5.41) is 11.7. The zero-order chi connectivity index (χ0) is 23.5. The molecule has 0 N–H and O–H groups in total. The molecule has 34 heavy (non-hydrogen) atoms. The second-order valence-electron chi connectivity index (χ2n) is 8.60. The minimum absolute atomic E-state index is 0.113. The first-order valence-corrected chi connectivity index (χ1v) is 13.4. The molecule has 0 amide bonds. The Morgan fingerprint density at radius 2 is 2.00 bits per heavy atom. The van der Waals surface area contributed by atoms with Gasteiger partial charge in [0.1, 0.15) is 0 Å². The van der Waals surface area contributed by atoms with E-state index in [-0.39, 0.29) is 11.9 Å². The number of aryl methyl sites for hydroxylation is 1. The zero-order valence-electron chi connectivity index (χ0n) is 19.4. The maximum atomic E-state index is 13.2. The Morgan fingerprint density at radius 1 is 1.15 bits per heavy atom. The summed E-state index contributed by atoms with van der Waals surface area (Å²) < 4.78 is 10.2. The molecule has 0 aliphatic carbocycles. The van der Waals surface area contributed by atoms with Crippen molar-refractivity contribution in [2.45, 2.75) is 51.0 Å². The topological polar surface area (TPSA) is 61.9 Å². The lowest BCUT2D eigenvalue weighted by molar-refractivity contribution is 0.0953. The number of ether oxygens (including phenoxy) is 1. The number of rotatable bonds is 9. The highest BCUT2D eigenvalue weighted by Gasteiger charge is 2.23. The molecule has 1 aromatic carbocycles. The van der Waals surface area contributed by atoms with Crippen LogP contribution in [0.5, 0.6) is 0 Å². The van der Waals surface area contributed by atoms with Gasteiger partial charge in [0.2, 0.25) is 0 Å². The van der Waals surface area contributed by atoms with E-state index < -0.39 is 0 Å². The molecule has 1 unspecified atom stereocenters. The van der Waals surface area contributed by atoms with Gasteiger partial charge in [-0.05, 0) is 49.8 Å². The molecule has 8 heteroatoms. The van der Waals surface area contributed by atoms with Gasteiger partial charge in [-0.2, -0.15) is 0 Å². The highest BCUT2D eigenvalue weighted by Crippen LogP contribution is 2.30. The summed E-state index contributed by atoms with van der Waals surface area (Å²) in [6.45, 7) is 6.37. The zero-order valence-corrected chi connectivity index (χ0v) is 21.1. The molecule has 6 nitrogen and oxygen atoms in total. The SMILES string of the molecule is Cc1cc(C(=O)CSc2nnc(-c3cccs3)n2CC2CCCO2)c(C)n1Cc1ccccc1. The summed E-state index contributed by atoms with van der Waals surface area (Å²) in [5.74, 6) is 1.28. The number of benzene rings is 1. The van der Waals surface area contributed by atoms with E-state index in [0.717, 1.165) is 58.8 Å². The predicted molar refractivity (Wildman–Crippen MR) is 137 cm³/mol. The Bertz CT molecular complexity index is 1260. The predicted octanol–water partition coefficient (Wildman–Crippen LogP) is 5.63. The van der Waals surface area contributed by atoms with Crippen LogP contribution >= 0.6 is 23.1 Å². The lowest BCUT2D eigenvalue weighted by Gasteiger charge is -2.14. The summed E-state index contributed by atoms with van der Waals surface area (Å²) in [5.41, 5.74) is 4.11. The van der Waals surface area contributed by atoms with E-state index >= 15 is 0 Å². The van der Waals surface area contributed by atoms with E-state index in [1.807, 2.05) is 42.6 Å². The average molecular weight is 493 g/mol. The molecule has 176 valence electrons. The van der Waals surface area contributed by atoms with Gasteiger partial charge in [0.15, 0.2) is 16.8 Å². The maximum Gasteiger partial charge on any atom is 0.192 e. The fourth-order valence-corrected chi connectivity index (χ4v) is 5.99. The average Bonchev–Trinajstić information content (AvgIpc) is 3.65. The number of hydrogen-bond acceptors (Lipinski definition) is 6. The van der Waals surface area contributed by atoms with Gasteiger partial charge in [0.05, 0.1) is 23.3 Å². The number of carbonyl (C=O) groups excluding carboxylic acids is 1. The van der Waals surface area contributed by atoms with Crippen molar-refractivity contribution in [2.24, 2.45) is 0 Å². The molecular formula is C26H28N4O2S2. The quantitative estimate of drug-likeness (QED) is 0.224. The molecule has 1 saturated heterocycles. The number of ketones is 1. The first-order chi connectivity index (χ1) is 16.6. The highest BCUT2D eigenvalue weighted by atomic mass is 32.2. The fraction of sp³-hybridized carbons (Fsp3) is 0.346. The van der Waals surface area contributed by atoms with Crippen LogP contribution in [0.15, 0.2) is 59.1 Å². The number of nitrogens with zero attached hydrogens (tertiary/aromatic N) is 4. The second kappa shape index (κ2) is 10.3. The van der Waals surface area contributed by atoms with Gasteiger partial charge in [-0.3, -0.25) is 9.36 Å². The summed E-state index contributed by atoms with van der Waals surface area (Å²) in [7, 11) is 0. The molecular weight excluding hydrogens is 464 g/mol. The lowest BCUT2D eigenvalue weighted by atomic mass is 10.2. The van der Waals surface area contributed by atoms with Gasteiger partial charge in [-0.25, -0.2) is 0 Å². The lowest BCUT2D eigenvalue weighted by Crippen LogP contribution is -2.17. The van der Waals surface area contributed by atoms with E-state index in [1.54, 1.807) is 11.3 Å². The summed E-state index contributed by atoms with van der Waals surface area (Å²) in [6, 6.07) is 16.4. The Hall–Kier alpha value is -2.68. The van der Waals surface area contributed by atoms with Crippen LogP contribution in [-0.4, -0.2) is 43.6 Å². The minimum Gasteiger partial charge on any atom is -0.376 e. The first-order valence-electron chi connectivity index (χ1n) is 11.6. The van der Waals surface area contributed by atoms with Crippen LogP contribution in [0, 0.1) is 13.8 Å². The number of thioether (sulfide) groups is 1. The molecule has 1 aliphatic heterocycles. The van der Waals surface area contributed by atoms with Crippen LogP contribution in [0.25, 0.3) is 10.7 Å². The van der Waals surface area contributed by atoms with Crippen LogP contribution in [0.4, 0.5) is 0 Å². The van der Waals surface area contributed by atoms with Crippen LogP contribution in [0.1, 0.15) is 40.2 Å². The molecule has 1 aliphatic rings. The third kappa shape index (κ3) is 4.89. The van der Waals surface area contributed by atoms with Crippen LogP contribution in [0.2, 0.25) is 0 Å². The van der Waals surface area contributed by atoms with Crippen molar-refractivity contribution in [2.75, 3.05) is 12.4 Å². The number of hydrogen-bond donors (Lipinski definition) is 0. The van der Waals surface area contributed by atoms with Crippen molar-refractivity contribution in [1.29, 1.82) is 0 Å². The van der Waals surface area contributed by atoms with Crippen molar-refractivity contribution in [1.82, 2.24) is 19.3 Å². The van der Waals surface area contributed by atoms with Crippen molar-refractivity contribution in [3.05, 3.63) is 76.4 Å². The molecule has 1 fully saturated rings. The monoisotopic (exact) mass is 492 g/mol. The second-order valence-corrected chi connectivity index (χ2v) is 10.5. The third-order valence-corrected chi connectivity index (χ3v) is 8.09. The number of carbonyl (C=O) groups is 1. The molecule has 4 heterocycles. The van der Waals surface area contributed by atoms with Gasteiger partial charge in [-0.1, -0.05) is 48.2 Å². The highest BCUT2D eigenvalue weighted by molar-refractivity contribution is 7.99. The van der Waals surface area contributed by atoms with Crippen LogP contribution in [0.3, 0.4) is 0 Å². The fourth-order valence-electron chi connectivity index (χ4n) is 4.44. The Balaban J connectivity index is 1.33. The van der Waals surface area contributed by atoms with Gasteiger partial charge < -0.3 is 9.30 Å². The van der Waals surface area contributed by atoms with Gasteiger partial charge in [0, 0.05) is 30.1 Å². The van der Waals surface area contributed by atoms with Gasteiger partial charge in [0.25, 0.3) is 0 Å². The molecule has 5 rings (SSSR count). The first kappa shape index (κ1) is 23.1. The molecule has 0 spiro atoms. The van der Waals surface area contributed by atoms with Crippen LogP contribution in [-0.2, 0) is 17.8 Å². The molecule has 0 saturated carbocycles. The molecule has 4 aromatic rings. The third-order valence-electron chi connectivity index (χ3n) is 6.26. The molecule has 3 aromatic heterocycles. The van der Waals surface area contributed by atoms with E-state index in [1.165, 1.54) is 17.3 Å². The Morgan fingerprint density at radius 3 is 2.74 bits per heavy atom. The minimum atomic E-state index is 0.113. The van der Waals surface area contributed by atoms with Gasteiger partial charge >= 0.3 is 0 Å². The molecule has 0 bridgehead atoms. The molecule has 1 atom stereocenters. The van der Waals surface area contributed by atoms with Crippen molar-refractivity contribution in [3.8, 4) is 10.7 Å². The largest absolute Gasteiger partial charge is 0.376 e. The molecule has 0 radical (unpaired) electrons. The normalized spacial score (nSPS) is 15.8. The summed E-state index contributed by atoms with van der Waals surface area (Å²) in [4.78, 5) is 14.3. The number of aromatic nitrogens is 4. The van der Waals surface area contributed by atoms with Crippen LogP contribution < -0.4 is 0 Å². The van der Waals surface area contributed by atoms with Crippen molar-refractivity contribution < 1.29 is 9.53 Å². The van der Waals surface area contributed by atoms with E-state index in [0.29, 0.717) is 12.3 Å². The van der Waals surface area contributed by atoms with Crippen molar-refractivity contribution >= 4 is 28.9 Å². The summed E-state index contributed by atoms with van der Waals surface area (Å²) >= 11 is 3.11. The number of thiophene rings is 1. The van der Waals surface area contributed by atoms with Crippen molar-refractivity contribution in [3.63, 3.8) is 0 Å². The van der Waals surface area contributed by atoms with E-state index in [9.17, 15) is 4.79 Å². The Kier molecular flexibility index (Phi) is 6.99. The summed E-state index contributed by atoms with van der Waals surface area (Å²) in [6.07, 6.45) is 2.29. The standard InChI is InChI=1S/C26H28N4O2S2/c1-18-14-22(19(2)29(18)15-20-8-4-3-5-9-20)23(31)17-34-26-28-27-25(24-11-7-13-33-24)30(26)16-21-10-6-12-32-21/h3-5,7-9,11,13-14,21H,6,10,12,15-17H2,1-2H3. The number of Topliss-reactive ketones (excluding diaryl/α,β-unsaturated/α-hetero) is 1. The van der Waals surface area contributed by atoms with E-state index in [4.69, 9.17) is 4.74 Å². The Labute approximate surface area is 208 Å². The smallest absolute Gasteiger partial charge is 0.192 e. The maximum absolute atomic E-state index is 13.2.